The molecule has 0 spiro atoms. The zero-order chi connectivity index (χ0) is 33.9. The predicted molar refractivity (Wildman–Crippen MR) is 185 cm³/mol. The number of hydrogen-bond donors (Lipinski definition) is 3. The van der Waals surface area contributed by atoms with Crippen LogP contribution in [0.3, 0.4) is 0 Å². The van der Waals surface area contributed by atoms with Gasteiger partial charge in [-0.3, -0.25) is 9.69 Å². The Hall–Kier alpha value is -4.54. The number of likely N-dealkylation sites (N-methyl/N-ethyl adjacent to an activating group) is 1. The van der Waals surface area contributed by atoms with Gasteiger partial charge in [-0.05, 0) is 54.3 Å². The number of urea groups is 1. The highest BCUT2D eigenvalue weighted by atomic mass is 16.7. The van der Waals surface area contributed by atoms with E-state index in [1.807, 2.05) is 78.9 Å². The molecule has 5 rings (SSSR count). The smallest absolute Gasteiger partial charge is 0.325 e. The summed E-state index contributed by atoms with van der Waals surface area (Å²) in [7, 11) is 2.13. The Kier molecular flexibility index (Phi) is 12.3. The molecule has 2 amide bonds. The Morgan fingerprint density at radius 1 is 0.896 bits per heavy atom. The number of rotatable bonds is 13. The van der Waals surface area contributed by atoms with E-state index in [1.54, 1.807) is 6.92 Å². The number of esters is 1. The van der Waals surface area contributed by atoms with E-state index >= 15 is 0 Å². The van der Waals surface area contributed by atoms with Crippen LogP contribution in [-0.4, -0.2) is 54.9 Å². The van der Waals surface area contributed by atoms with Gasteiger partial charge < -0.3 is 30.0 Å². The predicted octanol–water partition coefficient (Wildman–Crippen LogP) is 6.45. The van der Waals surface area contributed by atoms with Gasteiger partial charge in [-0.1, -0.05) is 103 Å². The van der Waals surface area contributed by atoms with Gasteiger partial charge in [0.1, 0.15) is 6.54 Å². The number of carbonyl (C=O) groups is 2. The van der Waals surface area contributed by atoms with E-state index in [0.29, 0.717) is 6.42 Å². The third-order valence-electron chi connectivity index (χ3n) is 8.70. The van der Waals surface area contributed by atoms with Crippen molar-refractivity contribution in [1.82, 2.24) is 15.5 Å². The van der Waals surface area contributed by atoms with Crippen LogP contribution in [0.25, 0.3) is 11.1 Å². The molecule has 4 aromatic rings. The van der Waals surface area contributed by atoms with Gasteiger partial charge in [0, 0.05) is 31.1 Å². The molecule has 4 atom stereocenters. The number of aliphatic hydroxyl groups is 1. The van der Waals surface area contributed by atoms with Crippen molar-refractivity contribution < 1.29 is 28.9 Å². The fourth-order valence-electron chi connectivity index (χ4n) is 5.88. The molecule has 1 heterocycles. The molecular formula is C39H45N3O6. The first kappa shape index (κ1) is 34.8. The number of hydrogen-bond acceptors (Lipinski definition) is 7. The summed E-state index contributed by atoms with van der Waals surface area (Å²) in [5.41, 5.74) is 6.98. The van der Waals surface area contributed by atoms with Crippen molar-refractivity contribution in [3.8, 4) is 11.1 Å². The summed E-state index contributed by atoms with van der Waals surface area (Å²) in [6, 6.07) is 34.2. The van der Waals surface area contributed by atoms with E-state index in [-0.39, 0.29) is 44.6 Å². The molecule has 3 N–H and O–H groups in total. The lowest BCUT2D eigenvalue weighted by atomic mass is 9.97. The first-order chi connectivity index (χ1) is 23.3. The molecule has 9 nitrogen and oxygen atoms in total. The topological polar surface area (TPSA) is 109 Å². The molecule has 4 aromatic carbocycles. The molecule has 1 aliphatic heterocycles. The number of carbonyl (C=O) groups excluding carboxylic acids is 2. The summed E-state index contributed by atoms with van der Waals surface area (Å²) in [6.07, 6.45) is -0.125. The maximum atomic E-state index is 12.3. The number of nitrogens with zero attached hydrogens (tertiary/aromatic N) is 1. The van der Waals surface area contributed by atoms with Gasteiger partial charge in [0.25, 0.3) is 0 Å². The van der Waals surface area contributed by atoms with Gasteiger partial charge >= 0.3 is 12.0 Å². The Labute approximate surface area is 282 Å². The number of amides is 2. The fourth-order valence-corrected chi connectivity index (χ4v) is 5.88. The maximum Gasteiger partial charge on any atom is 0.325 e. The van der Waals surface area contributed by atoms with E-state index < -0.39 is 18.3 Å². The molecule has 1 aliphatic rings. The van der Waals surface area contributed by atoms with E-state index in [4.69, 9.17) is 14.2 Å². The third kappa shape index (κ3) is 9.29. The first-order valence-corrected chi connectivity index (χ1v) is 16.5. The van der Waals surface area contributed by atoms with Crippen molar-refractivity contribution in [2.45, 2.75) is 58.0 Å². The summed E-state index contributed by atoms with van der Waals surface area (Å²) in [5, 5.41) is 14.9. The molecule has 0 radical (unpaired) electrons. The third-order valence-corrected chi connectivity index (χ3v) is 8.70. The van der Waals surface area contributed by atoms with Crippen LogP contribution in [0.2, 0.25) is 0 Å². The summed E-state index contributed by atoms with van der Waals surface area (Å²) in [5.74, 6) is -0.481. The minimum atomic E-state index is -0.569. The lowest BCUT2D eigenvalue weighted by molar-refractivity contribution is -0.253. The fraction of sp³-hybridized carbons (Fsp3) is 0.333. The van der Waals surface area contributed by atoms with Crippen molar-refractivity contribution in [3.05, 3.63) is 131 Å². The van der Waals surface area contributed by atoms with E-state index in [1.165, 1.54) is 5.56 Å². The number of benzene rings is 4. The molecule has 0 bridgehead atoms. The number of aliphatic hydroxyl groups excluding tert-OH is 1. The molecule has 9 heteroatoms. The number of ether oxygens (including phenoxy) is 3. The van der Waals surface area contributed by atoms with Crippen LogP contribution in [0, 0.1) is 0 Å². The zero-order valence-corrected chi connectivity index (χ0v) is 27.8. The minimum Gasteiger partial charge on any atom is -0.465 e. The summed E-state index contributed by atoms with van der Waals surface area (Å²) >= 11 is 0. The quantitative estimate of drug-likeness (QED) is 0.143. The highest BCUT2D eigenvalue weighted by Gasteiger charge is 2.33. The Morgan fingerprint density at radius 2 is 1.58 bits per heavy atom. The molecule has 1 saturated heterocycles. The van der Waals surface area contributed by atoms with Crippen LogP contribution >= 0.6 is 0 Å². The lowest BCUT2D eigenvalue weighted by Gasteiger charge is -2.39. The van der Waals surface area contributed by atoms with Crippen LogP contribution in [0.4, 0.5) is 4.79 Å². The van der Waals surface area contributed by atoms with E-state index in [0.717, 1.165) is 39.9 Å². The van der Waals surface area contributed by atoms with Crippen LogP contribution in [0.1, 0.15) is 66.5 Å². The summed E-state index contributed by atoms with van der Waals surface area (Å²) < 4.78 is 18.1. The molecule has 48 heavy (non-hydrogen) atoms. The van der Waals surface area contributed by atoms with E-state index in [2.05, 4.69) is 53.8 Å². The van der Waals surface area contributed by atoms with Gasteiger partial charge in [-0.25, -0.2) is 4.79 Å². The molecule has 4 unspecified atom stereocenters. The number of nitrogens with one attached hydrogen (secondary N) is 2. The Bertz CT molecular complexity index is 1610. The minimum absolute atomic E-state index is 0.00342. The average molecular weight is 652 g/mol. The SMILES string of the molecule is CCOC(=O)CNC(=O)NCc1ccccc1-c1ccc(C2OC(CN(C)C(C)c3ccccc3)CC(c3ccc(CO)cc3)O2)cc1. The largest absolute Gasteiger partial charge is 0.465 e. The van der Waals surface area contributed by atoms with Gasteiger partial charge in [0.05, 0.1) is 25.4 Å². The molecule has 1 fully saturated rings. The van der Waals surface area contributed by atoms with Gasteiger partial charge in [-0.2, -0.15) is 0 Å². The van der Waals surface area contributed by atoms with E-state index in [9.17, 15) is 14.7 Å². The average Bonchev–Trinajstić information content (AvgIpc) is 3.13. The molecule has 0 aliphatic carbocycles. The highest BCUT2D eigenvalue weighted by Crippen LogP contribution is 2.39. The standard InChI is InChI=1S/C39H45N3O6/c1-4-46-37(44)24-41-39(45)40-23-33-12-8-9-13-35(33)30-18-20-32(21-19-30)38-47-34(25-42(3)27(2)29-10-6-5-7-11-29)22-36(48-38)31-16-14-28(26-43)15-17-31/h5-21,27,34,36,38,43H,4,22-26H2,1-3H3,(H2,40,41,45). The Balaban J connectivity index is 1.30. The Morgan fingerprint density at radius 3 is 2.29 bits per heavy atom. The van der Waals surface area contributed by atoms with Gasteiger partial charge in [0.15, 0.2) is 6.29 Å². The second-order valence-electron chi connectivity index (χ2n) is 12.0. The van der Waals surface area contributed by atoms with Crippen LogP contribution in [0.15, 0.2) is 103 Å². The lowest BCUT2D eigenvalue weighted by Crippen LogP contribution is -2.38. The summed E-state index contributed by atoms with van der Waals surface area (Å²) in [6.45, 7) is 5.01. The van der Waals surface area contributed by atoms with Gasteiger partial charge in [0.2, 0.25) is 0 Å². The maximum absolute atomic E-state index is 12.3. The van der Waals surface area contributed by atoms with Crippen molar-refractivity contribution >= 4 is 12.0 Å². The van der Waals surface area contributed by atoms with Gasteiger partial charge in [-0.15, -0.1) is 0 Å². The zero-order valence-electron chi connectivity index (χ0n) is 27.8. The van der Waals surface area contributed by atoms with Crippen LogP contribution in [0.5, 0.6) is 0 Å². The molecule has 0 saturated carbocycles. The van der Waals surface area contributed by atoms with Crippen LogP contribution < -0.4 is 10.6 Å². The monoisotopic (exact) mass is 651 g/mol. The second kappa shape index (κ2) is 17.0. The first-order valence-electron chi connectivity index (χ1n) is 16.5. The molecule has 252 valence electrons. The normalized spacial score (nSPS) is 18.2. The second-order valence-corrected chi connectivity index (χ2v) is 12.0. The van der Waals surface area contributed by atoms with Crippen molar-refractivity contribution in [1.29, 1.82) is 0 Å². The van der Waals surface area contributed by atoms with Crippen molar-refractivity contribution in [2.24, 2.45) is 0 Å². The summed E-state index contributed by atoms with van der Waals surface area (Å²) in [4.78, 5) is 26.2. The van der Waals surface area contributed by atoms with Crippen LogP contribution in [-0.2, 0) is 32.2 Å². The molecular weight excluding hydrogens is 606 g/mol. The van der Waals surface area contributed by atoms with Crippen molar-refractivity contribution in [2.75, 3.05) is 26.7 Å². The molecule has 0 aromatic heterocycles. The highest BCUT2D eigenvalue weighted by molar-refractivity contribution is 5.81. The van der Waals surface area contributed by atoms with Crippen molar-refractivity contribution in [3.63, 3.8) is 0 Å².